The molecule has 0 aliphatic carbocycles. The summed E-state index contributed by atoms with van der Waals surface area (Å²) in [6.07, 6.45) is 1.62. The Morgan fingerprint density at radius 1 is 1.56 bits per heavy atom. The van der Waals surface area contributed by atoms with Crippen LogP contribution in [0.1, 0.15) is 30.5 Å². The zero-order valence-corrected chi connectivity index (χ0v) is 8.88. The number of carbonyl (C=O) groups is 1. The quantitative estimate of drug-likeness (QED) is 0.772. The molecule has 2 aromatic heterocycles. The first-order valence-corrected chi connectivity index (χ1v) is 4.77. The van der Waals surface area contributed by atoms with E-state index in [2.05, 4.69) is 31.0 Å². The molecule has 1 amide bonds. The van der Waals surface area contributed by atoms with Crippen molar-refractivity contribution in [1.29, 1.82) is 0 Å². The number of tetrazole rings is 1. The molecular formula is C8H11N7O. The Balaban J connectivity index is 2.15. The minimum Gasteiger partial charge on any atom is -0.304 e. The largest absolute Gasteiger partial charge is 0.304 e. The predicted molar refractivity (Wildman–Crippen MR) is 54.7 cm³/mol. The lowest BCUT2D eigenvalue weighted by Crippen LogP contribution is -2.18. The van der Waals surface area contributed by atoms with Gasteiger partial charge in [0.1, 0.15) is 5.82 Å². The summed E-state index contributed by atoms with van der Waals surface area (Å²) in [5.41, 5.74) is 0. The van der Waals surface area contributed by atoms with Gasteiger partial charge in [-0.25, -0.2) is 4.68 Å². The van der Waals surface area contributed by atoms with Crippen LogP contribution in [0, 0.1) is 0 Å². The molecule has 16 heavy (non-hydrogen) atoms. The molecule has 2 N–H and O–H groups in total. The van der Waals surface area contributed by atoms with Gasteiger partial charge in [-0.15, -0.1) is 10.2 Å². The number of carbonyl (C=O) groups excluding carboxylic acids is 1. The van der Waals surface area contributed by atoms with E-state index in [-0.39, 0.29) is 11.9 Å². The molecule has 0 bridgehead atoms. The average Bonchev–Trinajstić information content (AvgIpc) is 2.86. The van der Waals surface area contributed by atoms with Gasteiger partial charge < -0.3 is 5.32 Å². The van der Waals surface area contributed by atoms with E-state index in [4.69, 9.17) is 0 Å². The molecular weight excluding hydrogens is 210 g/mol. The monoisotopic (exact) mass is 221 g/mol. The van der Waals surface area contributed by atoms with E-state index in [1.807, 2.05) is 13.8 Å². The lowest BCUT2D eigenvalue weighted by molar-refractivity contribution is 0.101. The van der Waals surface area contributed by atoms with Crippen LogP contribution in [0.2, 0.25) is 0 Å². The summed E-state index contributed by atoms with van der Waals surface area (Å²) in [4.78, 5) is 11.6. The molecule has 0 spiro atoms. The van der Waals surface area contributed by atoms with Crippen molar-refractivity contribution in [2.75, 3.05) is 5.32 Å². The maximum atomic E-state index is 11.6. The number of aromatic nitrogens is 6. The van der Waals surface area contributed by atoms with Crippen molar-refractivity contribution in [3.8, 4) is 0 Å². The van der Waals surface area contributed by atoms with Gasteiger partial charge in [-0.3, -0.25) is 4.79 Å². The molecule has 2 aromatic rings. The van der Waals surface area contributed by atoms with Crippen LogP contribution in [0.3, 0.4) is 0 Å². The third kappa shape index (κ3) is 1.90. The molecule has 0 radical (unpaired) electrons. The van der Waals surface area contributed by atoms with Crippen molar-refractivity contribution in [2.45, 2.75) is 19.9 Å². The molecule has 0 unspecified atom stereocenters. The Kier molecular flexibility index (Phi) is 2.63. The van der Waals surface area contributed by atoms with Gasteiger partial charge in [-0.2, -0.15) is 10.3 Å². The summed E-state index contributed by atoms with van der Waals surface area (Å²) in [7, 11) is 0. The zero-order chi connectivity index (χ0) is 11.5. The second kappa shape index (κ2) is 4.09. The summed E-state index contributed by atoms with van der Waals surface area (Å²) in [5, 5.41) is 19.4. The van der Waals surface area contributed by atoms with E-state index < -0.39 is 5.91 Å². The third-order valence-electron chi connectivity index (χ3n) is 1.95. The molecule has 8 heteroatoms. The van der Waals surface area contributed by atoms with Crippen LogP contribution in [0.25, 0.3) is 0 Å². The first-order chi connectivity index (χ1) is 7.68. The molecule has 2 rings (SSSR count). The number of hydrogen-bond acceptors (Lipinski definition) is 5. The molecule has 0 atom stereocenters. The summed E-state index contributed by atoms with van der Waals surface area (Å²) in [6, 6.07) is 1.87. The Labute approximate surface area is 91.0 Å². The second-order valence-corrected chi connectivity index (χ2v) is 3.44. The van der Waals surface area contributed by atoms with Gasteiger partial charge in [0, 0.05) is 12.1 Å². The van der Waals surface area contributed by atoms with Crippen molar-refractivity contribution in [2.24, 2.45) is 0 Å². The van der Waals surface area contributed by atoms with Crippen molar-refractivity contribution < 1.29 is 4.79 Å². The molecule has 0 saturated heterocycles. The number of rotatable bonds is 3. The van der Waals surface area contributed by atoms with E-state index >= 15 is 0 Å². The molecule has 2 heterocycles. The molecule has 0 fully saturated rings. The topological polar surface area (TPSA) is 101 Å². The Bertz CT molecular complexity index is 472. The van der Waals surface area contributed by atoms with Gasteiger partial charge in [-0.1, -0.05) is 0 Å². The highest BCUT2D eigenvalue weighted by atomic mass is 16.2. The normalized spacial score (nSPS) is 10.7. The van der Waals surface area contributed by atoms with Crippen molar-refractivity contribution in [3.05, 3.63) is 18.1 Å². The van der Waals surface area contributed by atoms with Gasteiger partial charge in [0.25, 0.3) is 11.7 Å². The number of H-pyrrole nitrogens is 1. The van der Waals surface area contributed by atoms with Gasteiger partial charge >= 0.3 is 0 Å². The average molecular weight is 221 g/mol. The third-order valence-corrected chi connectivity index (χ3v) is 1.95. The molecule has 0 aromatic carbocycles. The highest BCUT2D eigenvalue weighted by molar-refractivity contribution is 6.00. The highest BCUT2D eigenvalue weighted by Gasteiger charge is 2.14. The maximum Gasteiger partial charge on any atom is 0.298 e. The van der Waals surface area contributed by atoms with Gasteiger partial charge in [0.15, 0.2) is 0 Å². The van der Waals surface area contributed by atoms with Crippen LogP contribution < -0.4 is 5.32 Å². The minimum absolute atomic E-state index is 0.00324. The Hall–Kier alpha value is -2.25. The summed E-state index contributed by atoms with van der Waals surface area (Å²) < 4.78 is 1.69. The van der Waals surface area contributed by atoms with Crippen LogP contribution >= 0.6 is 0 Å². The van der Waals surface area contributed by atoms with Crippen LogP contribution in [0.5, 0.6) is 0 Å². The molecule has 0 aliphatic rings. The maximum absolute atomic E-state index is 11.6. The van der Waals surface area contributed by atoms with Crippen LogP contribution in [0.15, 0.2) is 12.3 Å². The first kappa shape index (κ1) is 10.3. The number of aromatic amines is 1. The van der Waals surface area contributed by atoms with Crippen LogP contribution in [-0.4, -0.2) is 36.3 Å². The Morgan fingerprint density at radius 3 is 3.00 bits per heavy atom. The number of amides is 1. The van der Waals surface area contributed by atoms with Gasteiger partial charge in [0.05, 0.1) is 6.20 Å². The van der Waals surface area contributed by atoms with Gasteiger partial charge in [-0.05, 0) is 19.1 Å². The van der Waals surface area contributed by atoms with E-state index in [0.717, 1.165) is 0 Å². The zero-order valence-electron chi connectivity index (χ0n) is 8.88. The highest BCUT2D eigenvalue weighted by Crippen LogP contribution is 2.13. The minimum atomic E-state index is -0.420. The van der Waals surface area contributed by atoms with Crippen molar-refractivity contribution >= 4 is 11.7 Å². The second-order valence-electron chi connectivity index (χ2n) is 3.44. The standard InChI is InChI=1S/C8H11N7O/c1-5(2)15-6(3-4-9-15)10-8(16)7-11-13-14-12-7/h3-5H,1-2H3,(H,10,16)(H,11,12,13,14). The van der Waals surface area contributed by atoms with Crippen molar-refractivity contribution in [1.82, 2.24) is 30.4 Å². The number of nitrogens with one attached hydrogen (secondary N) is 2. The molecule has 0 saturated carbocycles. The smallest absolute Gasteiger partial charge is 0.298 e. The van der Waals surface area contributed by atoms with Crippen LogP contribution in [0.4, 0.5) is 5.82 Å². The van der Waals surface area contributed by atoms with E-state index in [1.54, 1.807) is 16.9 Å². The number of nitrogens with zero attached hydrogens (tertiary/aromatic N) is 5. The lowest BCUT2D eigenvalue weighted by atomic mass is 10.4. The van der Waals surface area contributed by atoms with Crippen molar-refractivity contribution in [3.63, 3.8) is 0 Å². The predicted octanol–water partition coefficient (Wildman–Crippen LogP) is 0.229. The Morgan fingerprint density at radius 2 is 2.38 bits per heavy atom. The summed E-state index contributed by atoms with van der Waals surface area (Å²) in [5.74, 6) is 0.178. The SMILES string of the molecule is CC(C)n1nccc1NC(=O)c1nn[nH]n1. The first-order valence-electron chi connectivity index (χ1n) is 4.77. The fourth-order valence-corrected chi connectivity index (χ4v) is 1.25. The van der Waals surface area contributed by atoms with E-state index in [9.17, 15) is 4.79 Å². The molecule has 0 aliphatic heterocycles. The summed E-state index contributed by atoms with van der Waals surface area (Å²) in [6.45, 7) is 3.94. The van der Waals surface area contributed by atoms with E-state index in [1.165, 1.54) is 0 Å². The number of anilines is 1. The van der Waals surface area contributed by atoms with Crippen LogP contribution in [-0.2, 0) is 0 Å². The lowest BCUT2D eigenvalue weighted by Gasteiger charge is -2.10. The fraction of sp³-hybridized carbons (Fsp3) is 0.375. The number of hydrogen-bond donors (Lipinski definition) is 2. The molecule has 84 valence electrons. The summed E-state index contributed by atoms with van der Waals surface area (Å²) >= 11 is 0. The molecule has 8 nitrogen and oxygen atoms in total. The van der Waals surface area contributed by atoms with Gasteiger partial charge in [0.2, 0.25) is 0 Å². The van der Waals surface area contributed by atoms with E-state index in [0.29, 0.717) is 5.82 Å². The fourth-order valence-electron chi connectivity index (χ4n) is 1.25.